The Kier molecular flexibility index (Phi) is 3.47. The highest BCUT2D eigenvalue weighted by atomic mass is 35.5. The highest BCUT2D eigenvalue weighted by molar-refractivity contribution is 6.34. The number of hydrogen-bond acceptors (Lipinski definition) is 1. The van der Waals surface area contributed by atoms with Crippen molar-refractivity contribution in [1.82, 2.24) is 0 Å². The van der Waals surface area contributed by atoms with Crippen LogP contribution >= 0.6 is 23.2 Å². The Balaban J connectivity index is 3.01. The van der Waals surface area contributed by atoms with Crippen LogP contribution in [-0.2, 0) is 0 Å². The van der Waals surface area contributed by atoms with E-state index in [-0.39, 0.29) is 15.6 Å². The molecule has 0 amide bonds. The van der Waals surface area contributed by atoms with E-state index in [9.17, 15) is 8.78 Å². The molecule has 0 aliphatic carbocycles. The van der Waals surface area contributed by atoms with Gasteiger partial charge in [0, 0.05) is 10.0 Å². The highest BCUT2D eigenvalue weighted by Crippen LogP contribution is 2.26. The van der Waals surface area contributed by atoms with Crippen molar-refractivity contribution in [3.63, 3.8) is 0 Å². The molecule has 1 rings (SSSR count). The van der Waals surface area contributed by atoms with E-state index < -0.39 is 12.5 Å². The molecule has 1 aromatic carbocycles. The van der Waals surface area contributed by atoms with Crippen LogP contribution in [0.15, 0.2) is 18.2 Å². The van der Waals surface area contributed by atoms with Crippen LogP contribution in [0, 0.1) is 0 Å². The summed E-state index contributed by atoms with van der Waals surface area (Å²) in [5, 5.41) is 9.43. The molecular formula is C8H6Cl2F2O. The number of aliphatic hydroxyl groups excluding tert-OH is 1. The zero-order chi connectivity index (χ0) is 10.0. The molecule has 0 heterocycles. The number of hydrogen-bond donors (Lipinski definition) is 1. The Hall–Kier alpha value is -0.380. The number of halogens is 4. The van der Waals surface area contributed by atoms with Crippen LogP contribution in [0.3, 0.4) is 0 Å². The molecule has 0 aliphatic heterocycles. The molecule has 0 bridgehead atoms. The van der Waals surface area contributed by atoms with Crippen LogP contribution in [0.5, 0.6) is 0 Å². The fraction of sp³-hybridized carbons (Fsp3) is 0.250. The van der Waals surface area contributed by atoms with E-state index in [2.05, 4.69) is 0 Å². The second kappa shape index (κ2) is 4.22. The number of rotatable bonds is 2. The summed E-state index contributed by atoms with van der Waals surface area (Å²) in [5.74, 6) is 0. The molecule has 5 heteroatoms. The molecule has 0 radical (unpaired) electrons. The van der Waals surface area contributed by atoms with Crippen molar-refractivity contribution < 1.29 is 13.9 Å². The van der Waals surface area contributed by atoms with Gasteiger partial charge in [-0.05, 0) is 23.8 Å². The third-order valence-corrected chi connectivity index (χ3v) is 1.90. The van der Waals surface area contributed by atoms with Crippen LogP contribution in [0.1, 0.15) is 11.7 Å². The minimum absolute atomic E-state index is 0.0208. The Labute approximate surface area is 83.9 Å². The van der Waals surface area contributed by atoms with E-state index in [1.165, 1.54) is 18.2 Å². The Morgan fingerprint density at radius 3 is 1.92 bits per heavy atom. The molecule has 72 valence electrons. The summed E-state index contributed by atoms with van der Waals surface area (Å²) in [5.41, 5.74) is 0.0208. The number of aliphatic hydroxyl groups is 1. The first-order valence-corrected chi connectivity index (χ1v) is 4.18. The normalized spacial score (nSPS) is 13.4. The Bertz CT molecular complexity index is 284. The molecular weight excluding hydrogens is 221 g/mol. The summed E-state index contributed by atoms with van der Waals surface area (Å²) in [4.78, 5) is 0. The smallest absolute Gasteiger partial charge is 0.268 e. The van der Waals surface area contributed by atoms with Gasteiger partial charge in [-0.2, -0.15) is 0 Å². The standard InChI is InChI=1S/C8H6Cl2F2O/c9-5-1-4(2-6(10)3-5)7(13)8(11)12/h1-3,7-8,13H. The van der Waals surface area contributed by atoms with Crippen LogP contribution < -0.4 is 0 Å². The predicted octanol–water partition coefficient (Wildman–Crippen LogP) is 3.29. The highest BCUT2D eigenvalue weighted by Gasteiger charge is 2.19. The van der Waals surface area contributed by atoms with Gasteiger partial charge in [0.2, 0.25) is 0 Å². The van der Waals surface area contributed by atoms with Gasteiger partial charge in [-0.15, -0.1) is 0 Å². The van der Waals surface area contributed by atoms with Crippen molar-refractivity contribution >= 4 is 23.2 Å². The van der Waals surface area contributed by atoms with Crippen LogP contribution in [0.25, 0.3) is 0 Å². The maximum absolute atomic E-state index is 12.0. The monoisotopic (exact) mass is 226 g/mol. The first-order valence-electron chi connectivity index (χ1n) is 3.43. The zero-order valence-electron chi connectivity index (χ0n) is 6.35. The first-order chi connectivity index (χ1) is 6.00. The average Bonchev–Trinajstić information content (AvgIpc) is 2.01. The van der Waals surface area contributed by atoms with Gasteiger partial charge < -0.3 is 5.11 Å². The lowest BCUT2D eigenvalue weighted by molar-refractivity contribution is -0.00576. The predicted molar refractivity (Wildman–Crippen MR) is 47.4 cm³/mol. The molecule has 0 spiro atoms. The van der Waals surface area contributed by atoms with E-state index >= 15 is 0 Å². The molecule has 0 saturated carbocycles. The molecule has 1 unspecified atom stereocenters. The quantitative estimate of drug-likeness (QED) is 0.821. The number of alkyl halides is 2. The maximum Gasteiger partial charge on any atom is 0.268 e. The van der Waals surface area contributed by atoms with E-state index in [4.69, 9.17) is 28.3 Å². The molecule has 1 nitrogen and oxygen atoms in total. The SMILES string of the molecule is OC(c1cc(Cl)cc(Cl)c1)C(F)F. The molecule has 13 heavy (non-hydrogen) atoms. The Morgan fingerprint density at radius 2 is 1.54 bits per heavy atom. The van der Waals surface area contributed by atoms with Gasteiger partial charge in [0.15, 0.2) is 0 Å². The van der Waals surface area contributed by atoms with Crippen molar-refractivity contribution in [2.45, 2.75) is 12.5 Å². The summed E-state index contributed by atoms with van der Waals surface area (Å²) in [7, 11) is 0. The van der Waals surface area contributed by atoms with Crippen LogP contribution in [0.4, 0.5) is 8.78 Å². The lowest BCUT2D eigenvalue weighted by Crippen LogP contribution is -2.07. The van der Waals surface area contributed by atoms with Crippen LogP contribution in [-0.4, -0.2) is 11.5 Å². The zero-order valence-corrected chi connectivity index (χ0v) is 7.86. The van der Waals surface area contributed by atoms with Crippen molar-refractivity contribution in [1.29, 1.82) is 0 Å². The second-order valence-corrected chi connectivity index (χ2v) is 3.35. The minimum atomic E-state index is -2.84. The third-order valence-electron chi connectivity index (χ3n) is 1.47. The lowest BCUT2D eigenvalue weighted by atomic mass is 10.1. The topological polar surface area (TPSA) is 20.2 Å². The summed E-state index contributed by atoms with van der Waals surface area (Å²) in [6.07, 6.45) is -4.68. The fourth-order valence-corrected chi connectivity index (χ4v) is 1.43. The van der Waals surface area contributed by atoms with Gasteiger partial charge in [-0.3, -0.25) is 0 Å². The van der Waals surface area contributed by atoms with Crippen molar-refractivity contribution in [3.8, 4) is 0 Å². The third kappa shape index (κ3) is 2.79. The van der Waals surface area contributed by atoms with E-state index in [1.807, 2.05) is 0 Å². The largest absolute Gasteiger partial charge is 0.382 e. The molecule has 0 aromatic heterocycles. The van der Waals surface area contributed by atoms with Gasteiger partial charge in [-0.1, -0.05) is 23.2 Å². The van der Waals surface area contributed by atoms with Crippen molar-refractivity contribution in [2.24, 2.45) is 0 Å². The van der Waals surface area contributed by atoms with Gasteiger partial charge in [-0.25, -0.2) is 8.78 Å². The molecule has 0 saturated heterocycles. The number of benzene rings is 1. The molecule has 0 aliphatic rings. The van der Waals surface area contributed by atoms with E-state index in [0.717, 1.165) is 0 Å². The minimum Gasteiger partial charge on any atom is -0.382 e. The molecule has 0 fully saturated rings. The molecule has 1 N–H and O–H groups in total. The first kappa shape index (κ1) is 10.7. The average molecular weight is 227 g/mol. The summed E-state index contributed by atoms with van der Waals surface area (Å²) >= 11 is 11.1. The molecule has 1 atom stereocenters. The van der Waals surface area contributed by atoms with Gasteiger partial charge in [0.25, 0.3) is 6.43 Å². The summed E-state index contributed by atoms with van der Waals surface area (Å²) in [6.45, 7) is 0. The van der Waals surface area contributed by atoms with E-state index in [1.54, 1.807) is 0 Å². The Morgan fingerprint density at radius 1 is 1.08 bits per heavy atom. The lowest BCUT2D eigenvalue weighted by Gasteiger charge is -2.10. The van der Waals surface area contributed by atoms with E-state index in [0.29, 0.717) is 0 Å². The van der Waals surface area contributed by atoms with Gasteiger partial charge in [0.05, 0.1) is 0 Å². The van der Waals surface area contributed by atoms with Gasteiger partial charge in [0.1, 0.15) is 6.10 Å². The van der Waals surface area contributed by atoms with Crippen molar-refractivity contribution in [2.75, 3.05) is 0 Å². The molecule has 1 aromatic rings. The van der Waals surface area contributed by atoms with Gasteiger partial charge >= 0.3 is 0 Å². The van der Waals surface area contributed by atoms with Crippen molar-refractivity contribution in [3.05, 3.63) is 33.8 Å². The summed E-state index contributed by atoms with van der Waals surface area (Å²) in [6, 6.07) is 3.92. The fourth-order valence-electron chi connectivity index (χ4n) is 0.891. The van der Waals surface area contributed by atoms with Crippen LogP contribution in [0.2, 0.25) is 10.0 Å². The second-order valence-electron chi connectivity index (χ2n) is 2.48. The summed E-state index contributed by atoms with van der Waals surface area (Å²) < 4.78 is 24.1. The maximum atomic E-state index is 12.0.